The Morgan fingerprint density at radius 2 is 1.95 bits per heavy atom. The first kappa shape index (κ1) is 15.2. The van der Waals surface area contributed by atoms with E-state index in [9.17, 15) is 9.59 Å². The molecule has 2 atom stereocenters. The van der Waals surface area contributed by atoms with E-state index in [1.807, 2.05) is 30.5 Å². The smallest absolute Gasteiger partial charge is 0.249 e. The van der Waals surface area contributed by atoms with Crippen molar-refractivity contribution in [3.05, 3.63) is 0 Å². The maximum atomic E-state index is 13.2. The Kier molecular flexibility index (Phi) is 4.21. The van der Waals surface area contributed by atoms with Crippen LogP contribution in [-0.2, 0) is 9.59 Å². The Bertz CT molecular complexity index is 426. The van der Waals surface area contributed by atoms with Gasteiger partial charge in [0.25, 0.3) is 0 Å². The molecule has 2 saturated heterocycles. The van der Waals surface area contributed by atoms with Crippen molar-refractivity contribution in [2.45, 2.75) is 70.0 Å². The zero-order chi connectivity index (χ0) is 15.0. The predicted molar refractivity (Wildman–Crippen MR) is 85.2 cm³/mol. The van der Waals surface area contributed by atoms with Crippen molar-refractivity contribution in [3.8, 4) is 0 Å². The Hall–Kier alpha value is -0.710. The molecule has 1 saturated carbocycles. The lowest BCUT2D eigenvalue weighted by Gasteiger charge is -2.49. The van der Waals surface area contributed by atoms with Crippen LogP contribution < -0.4 is 5.32 Å². The average molecular weight is 310 g/mol. The zero-order valence-electron chi connectivity index (χ0n) is 13.1. The van der Waals surface area contributed by atoms with E-state index in [1.54, 1.807) is 0 Å². The van der Waals surface area contributed by atoms with Gasteiger partial charge in [-0.25, -0.2) is 0 Å². The van der Waals surface area contributed by atoms with Gasteiger partial charge < -0.3 is 10.2 Å². The number of rotatable bonds is 2. The number of carbonyl (C=O) groups excluding carboxylic acids is 2. The molecule has 2 unspecified atom stereocenters. The van der Waals surface area contributed by atoms with Crippen LogP contribution in [0.5, 0.6) is 0 Å². The molecule has 0 aromatic rings. The Balaban J connectivity index is 1.92. The Morgan fingerprint density at radius 1 is 1.24 bits per heavy atom. The fourth-order valence-electron chi connectivity index (χ4n) is 4.14. The van der Waals surface area contributed by atoms with Crippen LogP contribution in [0.2, 0.25) is 0 Å². The van der Waals surface area contributed by atoms with Gasteiger partial charge in [0.2, 0.25) is 11.8 Å². The maximum absolute atomic E-state index is 13.2. The van der Waals surface area contributed by atoms with Gasteiger partial charge in [-0.1, -0.05) is 26.7 Å². The molecule has 118 valence electrons. The average Bonchev–Trinajstić information content (AvgIpc) is 2.92. The standard InChI is InChI=1S/C16H26N2O2S/c1-11(2)13-14(19)17-16(7-3-4-8-16)15(20)18(13)12-6-5-9-21-10-12/h11-13H,3-10H2,1-2H3,(H,17,19). The molecular formula is C16H26N2O2S. The van der Waals surface area contributed by atoms with Crippen LogP contribution in [0.15, 0.2) is 0 Å². The van der Waals surface area contributed by atoms with Crippen molar-refractivity contribution in [2.24, 2.45) is 5.92 Å². The number of hydrogen-bond acceptors (Lipinski definition) is 3. The monoisotopic (exact) mass is 310 g/mol. The number of nitrogens with zero attached hydrogens (tertiary/aromatic N) is 1. The molecule has 0 aromatic carbocycles. The van der Waals surface area contributed by atoms with Gasteiger partial charge in [0, 0.05) is 11.8 Å². The third-order valence-corrected chi connectivity index (χ3v) is 6.39. The molecular weight excluding hydrogens is 284 g/mol. The van der Waals surface area contributed by atoms with Crippen LogP contribution in [-0.4, -0.2) is 45.8 Å². The fraction of sp³-hybridized carbons (Fsp3) is 0.875. The molecule has 3 rings (SSSR count). The second kappa shape index (κ2) is 5.82. The van der Waals surface area contributed by atoms with Crippen molar-refractivity contribution < 1.29 is 9.59 Å². The van der Waals surface area contributed by atoms with E-state index in [2.05, 4.69) is 5.32 Å². The fourth-order valence-corrected chi connectivity index (χ4v) is 5.28. The van der Waals surface area contributed by atoms with Gasteiger partial charge in [0.1, 0.15) is 11.6 Å². The molecule has 3 fully saturated rings. The van der Waals surface area contributed by atoms with E-state index < -0.39 is 5.54 Å². The van der Waals surface area contributed by atoms with E-state index in [-0.39, 0.29) is 29.8 Å². The molecule has 5 heteroatoms. The molecule has 1 spiro atoms. The number of hydrogen-bond donors (Lipinski definition) is 1. The lowest BCUT2D eigenvalue weighted by Crippen LogP contribution is -2.72. The van der Waals surface area contributed by atoms with Crippen LogP contribution in [0.4, 0.5) is 0 Å². The summed E-state index contributed by atoms with van der Waals surface area (Å²) < 4.78 is 0. The van der Waals surface area contributed by atoms with Gasteiger partial charge >= 0.3 is 0 Å². The molecule has 0 bridgehead atoms. The van der Waals surface area contributed by atoms with Crippen molar-refractivity contribution in [1.29, 1.82) is 0 Å². The quantitative estimate of drug-likeness (QED) is 0.850. The van der Waals surface area contributed by atoms with Crippen LogP contribution >= 0.6 is 11.8 Å². The van der Waals surface area contributed by atoms with E-state index in [4.69, 9.17) is 0 Å². The van der Waals surface area contributed by atoms with E-state index in [1.165, 1.54) is 5.75 Å². The highest BCUT2D eigenvalue weighted by Gasteiger charge is 2.54. The minimum absolute atomic E-state index is 0.0714. The van der Waals surface area contributed by atoms with E-state index in [0.717, 1.165) is 44.3 Å². The summed E-state index contributed by atoms with van der Waals surface area (Å²) in [6.07, 6.45) is 5.93. The van der Waals surface area contributed by atoms with Gasteiger partial charge in [-0.05, 0) is 37.4 Å². The second-order valence-electron chi connectivity index (χ2n) is 7.05. The Morgan fingerprint density at radius 3 is 2.52 bits per heavy atom. The van der Waals surface area contributed by atoms with Crippen molar-refractivity contribution in [2.75, 3.05) is 11.5 Å². The highest BCUT2D eigenvalue weighted by atomic mass is 32.2. The van der Waals surface area contributed by atoms with Gasteiger partial charge in [-0.15, -0.1) is 0 Å². The van der Waals surface area contributed by atoms with Crippen molar-refractivity contribution in [1.82, 2.24) is 10.2 Å². The van der Waals surface area contributed by atoms with Crippen LogP contribution in [0.25, 0.3) is 0 Å². The number of amides is 2. The summed E-state index contributed by atoms with van der Waals surface area (Å²) in [7, 11) is 0. The van der Waals surface area contributed by atoms with E-state index >= 15 is 0 Å². The SMILES string of the molecule is CC(C)C1C(=O)NC2(CCCC2)C(=O)N1C1CCCSC1. The number of piperazine rings is 1. The highest BCUT2D eigenvalue weighted by Crippen LogP contribution is 2.38. The van der Waals surface area contributed by atoms with Gasteiger partial charge in [0.15, 0.2) is 0 Å². The summed E-state index contributed by atoms with van der Waals surface area (Å²) in [6.45, 7) is 4.10. The summed E-state index contributed by atoms with van der Waals surface area (Å²) in [4.78, 5) is 27.9. The van der Waals surface area contributed by atoms with Crippen LogP contribution in [0, 0.1) is 5.92 Å². The van der Waals surface area contributed by atoms with E-state index in [0.29, 0.717) is 0 Å². The number of thioether (sulfide) groups is 1. The van der Waals surface area contributed by atoms with Crippen LogP contribution in [0.1, 0.15) is 52.4 Å². The van der Waals surface area contributed by atoms with Gasteiger partial charge in [-0.3, -0.25) is 9.59 Å². The molecule has 2 amide bonds. The molecule has 1 N–H and O–H groups in total. The zero-order valence-corrected chi connectivity index (χ0v) is 13.9. The summed E-state index contributed by atoms with van der Waals surface area (Å²) in [5.74, 6) is 2.60. The maximum Gasteiger partial charge on any atom is 0.249 e. The summed E-state index contributed by atoms with van der Waals surface area (Å²) in [6, 6.07) is -0.0420. The molecule has 0 radical (unpaired) electrons. The normalized spacial score (nSPS) is 32.8. The summed E-state index contributed by atoms with van der Waals surface area (Å²) in [5, 5.41) is 3.11. The first-order valence-electron chi connectivity index (χ1n) is 8.28. The third-order valence-electron chi connectivity index (χ3n) is 5.19. The largest absolute Gasteiger partial charge is 0.340 e. The first-order valence-corrected chi connectivity index (χ1v) is 9.43. The minimum Gasteiger partial charge on any atom is -0.340 e. The lowest BCUT2D eigenvalue weighted by molar-refractivity contribution is -0.159. The lowest BCUT2D eigenvalue weighted by atomic mass is 9.86. The predicted octanol–water partition coefficient (Wildman–Crippen LogP) is 2.18. The number of nitrogens with one attached hydrogen (secondary N) is 1. The van der Waals surface area contributed by atoms with Crippen LogP contribution in [0.3, 0.4) is 0 Å². The molecule has 1 aliphatic carbocycles. The second-order valence-corrected chi connectivity index (χ2v) is 8.20. The molecule has 3 aliphatic rings. The van der Waals surface area contributed by atoms with Gasteiger partial charge in [0.05, 0.1) is 0 Å². The summed E-state index contributed by atoms with van der Waals surface area (Å²) in [5.41, 5.74) is -0.579. The van der Waals surface area contributed by atoms with Gasteiger partial charge in [-0.2, -0.15) is 11.8 Å². The molecule has 4 nitrogen and oxygen atoms in total. The minimum atomic E-state index is -0.579. The molecule has 2 heterocycles. The molecule has 21 heavy (non-hydrogen) atoms. The summed E-state index contributed by atoms with van der Waals surface area (Å²) >= 11 is 1.92. The first-order chi connectivity index (χ1) is 10.1. The molecule has 2 aliphatic heterocycles. The molecule has 0 aromatic heterocycles. The topological polar surface area (TPSA) is 49.4 Å². The van der Waals surface area contributed by atoms with Crippen molar-refractivity contribution in [3.63, 3.8) is 0 Å². The van der Waals surface area contributed by atoms with Crippen molar-refractivity contribution >= 4 is 23.6 Å². The third kappa shape index (κ3) is 2.58. The number of carbonyl (C=O) groups is 2. The highest BCUT2D eigenvalue weighted by molar-refractivity contribution is 7.99. The Labute approximate surface area is 131 Å².